The van der Waals surface area contributed by atoms with Crippen LogP contribution in [0.5, 0.6) is 5.75 Å². The third-order valence-corrected chi connectivity index (χ3v) is 9.68. The lowest BCUT2D eigenvalue weighted by Crippen LogP contribution is -2.44. The number of piperazine rings is 1. The number of ether oxygens (including phenoxy) is 1. The maximum absolute atomic E-state index is 13.4. The number of carbonyl (C=O) groups is 1. The van der Waals surface area contributed by atoms with E-state index in [1.807, 2.05) is 17.6 Å². The normalized spacial score (nSPS) is 22.0. The highest BCUT2D eigenvalue weighted by molar-refractivity contribution is 5.80. The summed E-state index contributed by atoms with van der Waals surface area (Å²) in [5.74, 6) is 1.52. The van der Waals surface area contributed by atoms with Crippen molar-refractivity contribution < 1.29 is 9.53 Å². The molecule has 10 nitrogen and oxygen atoms in total. The van der Waals surface area contributed by atoms with Crippen LogP contribution in [0.25, 0.3) is 11.0 Å². The van der Waals surface area contributed by atoms with Gasteiger partial charge in [0.2, 0.25) is 11.9 Å². The van der Waals surface area contributed by atoms with Gasteiger partial charge in [-0.1, -0.05) is 19.3 Å². The van der Waals surface area contributed by atoms with E-state index in [0.717, 1.165) is 106 Å². The molecule has 10 heteroatoms. The summed E-state index contributed by atoms with van der Waals surface area (Å²) in [4.78, 5) is 40.4. The molecule has 3 fully saturated rings. The van der Waals surface area contributed by atoms with Crippen LogP contribution < -0.4 is 25.8 Å². The first-order valence-corrected chi connectivity index (χ1v) is 16.0. The topological polar surface area (TPSA) is 105 Å². The summed E-state index contributed by atoms with van der Waals surface area (Å²) in [7, 11) is 3.82. The molecule has 1 aliphatic heterocycles. The molecule has 1 aromatic carbocycles. The number of nitrogens with one attached hydrogen (secondary N) is 2. The van der Waals surface area contributed by atoms with Crippen molar-refractivity contribution in [2.75, 3.05) is 50.6 Å². The van der Waals surface area contributed by atoms with Gasteiger partial charge in [0.05, 0.1) is 12.8 Å². The second-order valence-corrected chi connectivity index (χ2v) is 12.6. The summed E-state index contributed by atoms with van der Waals surface area (Å²) >= 11 is 0. The lowest BCUT2D eigenvalue weighted by atomic mass is 9.87. The Morgan fingerprint density at radius 3 is 2.44 bits per heavy atom. The van der Waals surface area contributed by atoms with E-state index in [2.05, 4.69) is 44.6 Å². The molecular formula is C33H45N7O3. The van der Waals surface area contributed by atoms with Crippen LogP contribution in [-0.2, 0) is 4.79 Å². The van der Waals surface area contributed by atoms with Gasteiger partial charge in [-0.15, -0.1) is 0 Å². The molecular weight excluding hydrogens is 542 g/mol. The number of hydrogen-bond acceptors (Lipinski definition) is 8. The van der Waals surface area contributed by atoms with Crippen molar-refractivity contribution >= 4 is 34.3 Å². The molecule has 1 saturated heterocycles. The maximum atomic E-state index is 13.4. The van der Waals surface area contributed by atoms with E-state index in [1.54, 1.807) is 19.4 Å². The Kier molecular flexibility index (Phi) is 8.83. The smallest absolute Gasteiger partial charge is 0.252 e. The van der Waals surface area contributed by atoms with Crippen LogP contribution in [0, 0.1) is 12.8 Å². The fourth-order valence-electron chi connectivity index (χ4n) is 7.01. The first kappa shape index (κ1) is 29.4. The van der Waals surface area contributed by atoms with Crippen LogP contribution >= 0.6 is 0 Å². The van der Waals surface area contributed by atoms with E-state index in [-0.39, 0.29) is 29.5 Å². The molecule has 2 saturated carbocycles. The van der Waals surface area contributed by atoms with E-state index >= 15 is 0 Å². The molecule has 3 aliphatic rings. The SMILES string of the molecule is COc1cc(N2CCN(C)CC2)ccc1Nc1ncc2c(C)cc(=O)n(C3CCC(NC(=O)C4CCCCC4)CC3)c2n1. The van der Waals surface area contributed by atoms with Crippen molar-refractivity contribution in [3.63, 3.8) is 0 Å². The highest BCUT2D eigenvalue weighted by atomic mass is 16.5. The molecule has 0 spiro atoms. The van der Waals surface area contributed by atoms with E-state index in [4.69, 9.17) is 9.72 Å². The molecule has 0 bridgehead atoms. The molecule has 0 unspecified atom stereocenters. The Morgan fingerprint density at radius 1 is 0.977 bits per heavy atom. The van der Waals surface area contributed by atoms with E-state index < -0.39 is 0 Å². The third-order valence-electron chi connectivity index (χ3n) is 9.68. The molecule has 6 rings (SSSR count). The molecule has 0 radical (unpaired) electrons. The van der Waals surface area contributed by atoms with Crippen LogP contribution in [0.1, 0.15) is 69.4 Å². The van der Waals surface area contributed by atoms with Gasteiger partial charge in [-0.25, -0.2) is 4.98 Å². The molecule has 2 aromatic heterocycles. The Labute approximate surface area is 253 Å². The minimum Gasteiger partial charge on any atom is -0.494 e. The number of anilines is 3. The van der Waals surface area contributed by atoms with Crippen molar-refractivity contribution in [1.82, 2.24) is 24.8 Å². The third kappa shape index (κ3) is 6.49. The Hall–Kier alpha value is -3.66. The number of carbonyl (C=O) groups excluding carboxylic acids is 1. The number of likely N-dealkylation sites (N-methyl/N-ethyl adjacent to an activating group) is 1. The van der Waals surface area contributed by atoms with Crippen LogP contribution in [-0.4, -0.2) is 71.7 Å². The van der Waals surface area contributed by atoms with Crippen molar-refractivity contribution in [2.45, 2.75) is 76.8 Å². The lowest BCUT2D eigenvalue weighted by Gasteiger charge is -2.34. The number of benzene rings is 1. The van der Waals surface area contributed by atoms with Gasteiger partial charge >= 0.3 is 0 Å². The van der Waals surface area contributed by atoms with Crippen LogP contribution in [0.2, 0.25) is 0 Å². The van der Waals surface area contributed by atoms with Crippen molar-refractivity contribution in [3.8, 4) is 5.75 Å². The number of aryl methyl sites for hydroxylation is 1. The van der Waals surface area contributed by atoms with Crippen LogP contribution in [0.4, 0.5) is 17.3 Å². The van der Waals surface area contributed by atoms with E-state index in [0.29, 0.717) is 11.6 Å². The summed E-state index contributed by atoms with van der Waals surface area (Å²) < 4.78 is 7.60. The quantitative estimate of drug-likeness (QED) is 0.407. The van der Waals surface area contributed by atoms with Gasteiger partial charge in [0.15, 0.2) is 0 Å². The van der Waals surface area contributed by atoms with Gasteiger partial charge in [0.1, 0.15) is 11.4 Å². The van der Waals surface area contributed by atoms with E-state index in [1.165, 1.54) is 6.42 Å². The molecule has 1 amide bonds. The zero-order valence-corrected chi connectivity index (χ0v) is 25.8. The summed E-state index contributed by atoms with van der Waals surface area (Å²) in [6.45, 7) is 5.95. The molecule has 0 atom stereocenters. The van der Waals surface area contributed by atoms with Crippen molar-refractivity contribution in [1.29, 1.82) is 0 Å². The number of hydrogen-bond donors (Lipinski definition) is 2. The molecule has 3 heterocycles. The zero-order valence-electron chi connectivity index (χ0n) is 25.8. The maximum Gasteiger partial charge on any atom is 0.252 e. The summed E-state index contributed by atoms with van der Waals surface area (Å²) in [6, 6.07) is 8.05. The number of nitrogens with zero attached hydrogens (tertiary/aromatic N) is 5. The number of methoxy groups -OCH3 is 1. The second kappa shape index (κ2) is 12.9. The summed E-state index contributed by atoms with van der Waals surface area (Å²) in [6.07, 6.45) is 10.7. The number of fused-ring (bicyclic) bond motifs is 1. The standard InChI is InChI=1S/C33H45N7O3/c1-22-19-30(41)40(25-11-9-24(10-12-25)35-32(42)23-7-5-4-6-8-23)31-27(22)21-34-33(37-31)36-28-14-13-26(20-29(28)43-3)39-17-15-38(2)16-18-39/h13-14,19-21,23-25H,4-12,15-18H2,1-3H3,(H,35,42)(H,34,36,37). The monoisotopic (exact) mass is 587 g/mol. The molecule has 2 N–H and O–H groups in total. The number of aromatic nitrogens is 3. The highest BCUT2D eigenvalue weighted by Gasteiger charge is 2.29. The first-order chi connectivity index (χ1) is 20.9. The van der Waals surface area contributed by atoms with Gasteiger partial charge in [-0.2, -0.15) is 4.98 Å². The average Bonchev–Trinajstić information content (AvgIpc) is 3.03. The zero-order chi connectivity index (χ0) is 29.9. The summed E-state index contributed by atoms with van der Waals surface area (Å²) in [5, 5.41) is 7.53. The fourth-order valence-corrected chi connectivity index (χ4v) is 7.01. The first-order valence-electron chi connectivity index (χ1n) is 16.0. The highest BCUT2D eigenvalue weighted by Crippen LogP contribution is 2.34. The fraction of sp³-hybridized carbons (Fsp3) is 0.576. The second-order valence-electron chi connectivity index (χ2n) is 12.6. The van der Waals surface area contributed by atoms with Crippen LogP contribution in [0.15, 0.2) is 35.3 Å². The van der Waals surface area contributed by atoms with Gasteiger partial charge in [-0.3, -0.25) is 14.2 Å². The number of amides is 1. The van der Waals surface area contributed by atoms with Gasteiger partial charge in [-0.05, 0) is 70.2 Å². The van der Waals surface area contributed by atoms with Crippen molar-refractivity contribution in [3.05, 3.63) is 46.4 Å². The van der Waals surface area contributed by atoms with E-state index in [9.17, 15) is 9.59 Å². The average molecular weight is 588 g/mol. The lowest BCUT2D eigenvalue weighted by molar-refractivity contribution is -0.126. The van der Waals surface area contributed by atoms with Gasteiger partial charge in [0, 0.05) is 73.6 Å². The van der Waals surface area contributed by atoms with Crippen molar-refractivity contribution in [2.24, 2.45) is 5.92 Å². The minimum atomic E-state index is -0.0431. The Morgan fingerprint density at radius 2 is 1.72 bits per heavy atom. The predicted octanol–water partition coefficient (Wildman–Crippen LogP) is 4.78. The Balaban J connectivity index is 1.20. The van der Waals surface area contributed by atoms with Gasteiger partial charge < -0.3 is 25.2 Å². The number of pyridine rings is 1. The predicted molar refractivity (Wildman–Crippen MR) is 171 cm³/mol. The molecule has 3 aromatic rings. The van der Waals surface area contributed by atoms with Gasteiger partial charge in [0.25, 0.3) is 5.56 Å². The molecule has 2 aliphatic carbocycles. The minimum absolute atomic E-state index is 0.0265. The number of rotatable bonds is 7. The van der Waals surface area contributed by atoms with Crippen LogP contribution in [0.3, 0.4) is 0 Å². The Bertz CT molecular complexity index is 1500. The molecule has 230 valence electrons. The largest absolute Gasteiger partial charge is 0.494 e. The molecule has 43 heavy (non-hydrogen) atoms. The summed E-state index contributed by atoms with van der Waals surface area (Å²) in [5.41, 5.74) is 3.37.